The SMILES string of the molecule is Cc1c(C(=O)C(C)C)c(=O)[nH]c2ccccc12. The molecule has 0 unspecified atom stereocenters. The van der Waals surface area contributed by atoms with Crippen molar-refractivity contribution >= 4 is 16.7 Å². The second-order valence-electron chi connectivity index (χ2n) is 4.52. The van der Waals surface area contributed by atoms with E-state index in [2.05, 4.69) is 4.98 Å². The van der Waals surface area contributed by atoms with Crippen molar-refractivity contribution in [1.82, 2.24) is 4.98 Å². The third-order valence-corrected chi connectivity index (χ3v) is 2.95. The Kier molecular flexibility index (Phi) is 2.84. The maximum absolute atomic E-state index is 12.0. The standard InChI is InChI=1S/C14H15NO2/c1-8(2)13(16)12-9(3)10-6-4-5-7-11(10)15-14(12)17/h4-8H,1-3H3,(H,15,17). The number of benzene rings is 1. The highest BCUT2D eigenvalue weighted by atomic mass is 16.1. The minimum absolute atomic E-state index is 0.102. The van der Waals surface area contributed by atoms with Gasteiger partial charge in [-0.3, -0.25) is 9.59 Å². The Bertz CT molecular complexity index is 638. The topological polar surface area (TPSA) is 49.9 Å². The minimum atomic E-state index is -0.292. The van der Waals surface area contributed by atoms with E-state index in [4.69, 9.17) is 0 Å². The summed E-state index contributed by atoms with van der Waals surface area (Å²) in [6.45, 7) is 5.43. The van der Waals surface area contributed by atoms with Crippen LogP contribution in [0.4, 0.5) is 0 Å². The summed E-state index contributed by atoms with van der Waals surface area (Å²) in [7, 11) is 0. The molecule has 1 heterocycles. The third kappa shape index (κ3) is 1.88. The van der Waals surface area contributed by atoms with Crippen LogP contribution in [0.2, 0.25) is 0 Å². The molecule has 2 aromatic rings. The number of Topliss-reactive ketones (excluding diaryl/α,β-unsaturated/α-hetero) is 1. The molecule has 0 amide bonds. The summed E-state index contributed by atoms with van der Waals surface area (Å²) in [6.07, 6.45) is 0. The molecule has 17 heavy (non-hydrogen) atoms. The van der Waals surface area contributed by atoms with Crippen LogP contribution in [0.15, 0.2) is 29.1 Å². The fourth-order valence-corrected chi connectivity index (χ4v) is 1.99. The van der Waals surface area contributed by atoms with Crippen molar-refractivity contribution in [3.63, 3.8) is 0 Å². The third-order valence-electron chi connectivity index (χ3n) is 2.95. The largest absolute Gasteiger partial charge is 0.321 e. The van der Waals surface area contributed by atoms with E-state index < -0.39 is 0 Å². The quantitative estimate of drug-likeness (QED) is 0.805. The number of fused-ring (bicyclic) bond motifs is 1. The smallest absolute Gasteiger partial charge is 0.259 e. The number of para-hydroxylation sites is 1. The number of carbonyl (C=O) groups excluding carboxylic acids is 1. The summed E-state index contributed by atoms with van der Waals surface area (Å²) in [4.78, 5) is 26.7. The highest BCUT2D eigenvalue weighted by Crippen LogP contribution is 2.18. The fourth-order valence-electron chi connectivity index (χ4n) is 1.99. The highest BCUT2D eigenvalue weighted by Gasteiger charge is 2.18. The Balaban J connectivity index is 2.81. The van der Waals surface area contributed by atoms with E-state index in [1.165, 1.54) is 0 Å². The van der Waals surface area contributed by atoms with Gasteiger partial charge in [0.2, 0.25) is 0 Å². The Labute approximate surface area is 99.5 Å². The zero-order chi connectivity index (χ0) is 12.6. The number of pyridine rings is 1. The molecule has 3 heteroatoms. The molecular formula is C14H15NO2. The normalized spacial score (nSPS) is 11.1. The van der Waals surface area contributed by atoms with E-state index in [0.717, 1.165) is 16.5 Å². The van der Waals surface area contributed by atoms with Crippen molar-refractivity contribution in [3.8, 4) is 0 Å². The first kappa shape index (κ1) is 11.6. The van der Waals surface area contributed by atoms with Crippen molar-refractivity contribution < 1.29 is 4.79 Å². The number of rotatable bonds is 2. The van der Waals surface area contributed by atoms with Gasteiger partial charge in [-0.25, -0.2) is 0 Å². The van der Waals surface area contributed by atoms with Gasteiger partial charge in [-0.15, -0.1) is 0 Å². The van der Waals surface area contributed by atoms with E-state index >= 15 is 0 Å². The average Bonchev–Trinajstić information content (AvgIpc) is 2.28. The Morgan fingerprint density at radius 1 is 1.24 bits per heavy atom. The van der Waals surface area contributed by atoms with E-state index in [1.54, 1.807) is 13.8 Å². The van der Waals surface area contributed by atoms with Gasteiger partial charge in [0.05, 0.1) is 5.56 Å². The Morgan fingerprint density at radius 2 is 1.88 bits per heavy atom. The summed E-state index contributed by atoms with van der Waals surface area (Å²) in [5.74, 6) is -0.273. The number of ketones is 1. The van der Waals surface area contributed by atoms with E-state index in [9.17, 15) is 9.59 Å². The van der Waals surface area contributed by atoms with Gasteiger partial charge < -0.3 is 4.98 Å². The molecule has 0 aliphatic heterocycles. The van der Waals surface area contributed by atoms with Crippen LogP contribution < -0.4 is 5.56 Å². The molecule has 88 valence electrons. The number of aromatic nitrogens is 1. The van der Waals surface area contributed by atoms with E-state index in [0.29, 0.717) is 5.56 Å². The lowest BCUT2D eigenvalue weighted by Crippen LogP contribution is -2.23. The van der Waals surface area contributed by atoms with Crippen LogP contribution in [0.5, 0.6) is 0 Å². The summed E-state index contributed by atoms with van der Waals surface area (Å²) in [5.41, 5.74) is 1.54. The summed E-state index contributed by atoms with van der Waals surface area (Å²) in [6, 6.07) is 7.52. The van der Waals surface area contributed by atoms with Gasteiger partial charge in [0, 0.05) is 16.8 Å². The van der Waals surface area contributed by atoms with Gasteiger partial charge in [0.15, 0.2) is 5.78 Å². The molecule has 1 aromatic carbocycles. The molecule has 0 saturated heterocycles. The maximum Gasteiger partial charge on any atom is 0.259 e. The number of carbonyl (C=O) groups is 1. The molecule has 0 fully saturated rings. The molecule has 0 aliphatic carbocycles. The molecule has 1 aromatic heterocycles. The van der Waals surface area contributed by atoms with E-state index in [1.807, 2.05) is 31.2 Å². The number of aryl methyl sites for hydroxylation is 1. The van der Waals surface area contributed by atoms with Gasteiger partial charge in [0.1, 0.15) is 0 Å². The van der Waals surface area contributed by atoms with Gasteiger partial charge in [-0.2, -0.15) is 0 Å². The van der Waals surface area contributed by atoms with Crippen LogP contribution in [-0.4, -0.2) is 10.8 Å². The highest BCUT2D eigenvalue weighted by molar-refractivity contribution is 6.02. The van der Waals surface area contributed by atoms with Gasteiger partial charge >= 0.3 is 0 Å². The van der Waals surface area contributed by atoms with Crippen LogP contribution >= 0.6 is 0 Å². The zero-order valence-electron chi connectivity index (χ0n) is 10.2. The van der Waals surface area contributed by atoms with Crippen molar-refractivity contribution in [1.29, 1.82) is 0 Å². The van der Waals surface area contributed by atoms with Crippen LogP contribution in [0.3, 0.4) is 0 Å². The monoisotopic (exact) mass is 229 g/mol. The molecule has 0 atom stereocenters. The molecule has 0 radical (unpaired) electrons. The number of nitrogens with one attached hydrogen (secondary N) is 1. The fraction of sp³-hybridized carbons (Fsp3) is 0.286. The van der Waals surface area contributed by atoms with E-state index in [-0.39, 0.29) is 17.3 Å². The first-order valence-corrected chi connectivity index (χ1v) is 5.68. The molecule has 0 spiro atoms. The molecule has 2 rings (SSSR count). The average molecular weight is 229 g/mol. The molecule has 0 aliphatic rings. The first-order valence-electron chi connectivity index (χ1n) is 5.68. The van der Waals surface area contributed by atoms with Crippen molar-refractivity contribution in [2.24, 2.45) is 5.92 Å². The molecule has 0 bridgehead atoms. The van der Waals surface area contributed by atoms with Crippen LogP contribution in [0, 0.1) is 12.8 Å². The lowest BCUT2D eigenvalue weighted by Gasteiger charge is -2.09. The second-order valence-corrected chi connectivity index (χ2v) is 4.52. The number of aromatic amines is 1. The predicted molar refractivity (Wildman–Crippen MR) is 68.5 cm³/mol. The zero-order valence-corrected chi connectivity index (χ0v) is 10.2. The predicted octanol–water partition coefficient (Wildman–Crippen LogP) is 2.68. The van der Waals surface area contributed by atoms with Gasteiger partial charge in [0.25, 0.3) is 5.56 Å². The lowest BCUT2D eigenvalue weighted by atomic mass is 9.96. The lowest BCUT2D eigenvalue weighted by molar-refractivity contribution is 0.0937. The number of hydrogen-bond acceptors (Lipinski definition) is 2. The molecule has 0 saturated carbocycles. The Hall–Kier alpha value is -1.90. The minimum Gasteiger partial charge on any atom is -0.321 e. The first-order chi connectivity index (χ1) is 8.02. The van der Waals surface area contributed by atoms with Gasteiger partial charge in [-0.1, -0.05) is 32.0 Å². The van der Waals surface area contributed by atoms with Crippen molar-refractivity contribution in [3.05, 3.63) is 45.7 Å². The number of H-pyrrole nitrogens is 1. The summed E-state index contributed by atoms with van der Waals surface area (Å²) >= 11 is 0. The second kappa shape index (κ2) is 4.17. The Morgan fingerprint density at radius 3 is 2.53 bits per heavy atom. The molecule has 1 N–H and O–H groups in total. The molecular weight excluding hydrogens is 214 g/mol. The maximum atomic E-state index is 12.0. The molecule has 3 nitrogen and oxygen atoms in total. The summed E-state index contributed by atoms with van der Waals surface area (Å²) < 4.78 is 0. The van der Waals surface area contributed by atoms with Crippen molar-refractivity contribution in [2.75, 3.05) is 0 Å². The van der Waals surface area contributed by atoms with Crippen molar-refractivity contribution in [2.45, 2.75) is 20.8 Å². The van der Waals surface area contributed by atoms with Gasteiger partial charge in [-0.05, 0) is 18.6 Å². The van der Waals surface area contributed by atoms with Crippen LogP contribution in [0.1, 0.15) is 29.8 Å². The number of hydrogen-bond donors (Lipinski definition) is 1. The van der Waals surface area contributed by atoms with Crippen LogP contribution in [-0.2, 0) is 0 Å². The summed E-state index contributed by atoms with van der Waals surface area (Å²) in [5, 5.41) is 0.927. The van der Waals surface area contributed by atoms with Crippen LogP contribution in [0.25, 0.3) is 10.9 Å².